The van der Waals surface area contributed by atoms with E-state index < -0.39 is 0 Å². The van der Waals surface area contributed by atoms with Crippen LogP contribution in [0.1, 0.15) is 42.7 Å². The van der Waals surface area contributed by atoms with Crippen molar-refractivity contribution < 1.29 is 4.79 Å². The van der Waals surface area contributed by atoms with Crippen molar-refractivity contribution in [3.63, 3.8) is 0 Å². The lowest BCUT2D eigenvalue weighted by molar-refractivity contribution is -0.133. The maximum absolute atomic E-state index is 13.1. The Labute approximate surface area is 143 Å². The number of hydrogen-bond acceptors (Lipinski definition) is 1. The van der Waals surface area contributed by atoms with Gasteiger partial charge in [-0.05, 0) is 30.4 Å². The minimum Gasteiger partial charge on any atom is -0.333 e. The quantitative estimate of drug-likeness (QED) is 0.759. The first-order valence-electron chi connectivity index (χ1n) is 8.90. The van der Waals surface area contributed by atoms with Gasteiger partial charge in [-0.15, -0.1) is 0 Å². The first-order valence-corrected chi connectivity index (χ1v) is 8.90. The van der Waals surface area contributed by atoms with E-state index in [2.05, 4.69) is 65.6 Å². The largest absolute Gasteiger partial charge is 0.333 e. The van der Waals surface area contributed by atoms with Crippen molar-refractivity contribution in [2.24, 2.45) is 0 Å². The average Bonchev–Trinajstić information content (AvgIpc) is 2.90. The van der Waals surface area contributed by atoms with E-state index in [9.17, 15) is 4.79 Å². The molecule has 0 spiro atoms. The van der Waals surface area contributed by atoms with Gasteiger partial charge in [0, 0.05) is 18.4 Å². The lowest BCUT2D eigenvalue weighted by Crippen LogP contribution is -2.42. The van der Waals surface area contributed by atoms with E-state index in [0.717, 1.165) is 19.3 Å². The second-order valence-corrected chi connectivity index (χ2v) is 6.84. The number of hydrogen-bond donors (Lipinski definition) is 0. The molecule has 24 heavy (non-hydrogen) atoms. The molecule has 0 N–H and O–H groups in total. The van der Waals surface area contributed by atoms with Crippen molar-refractivity contribution >= 4 is 5.91 Å². The Morgan fingerprint density at radius 2 is 1.58 bits per heavy atom. The first-order chi connectivity index (χ1) is 11.8. The van der Waals surface area contributed by atoms with E-state index in [1.807, 2.05) is 12.1 Å². The van der Waals surface area contributed by atoms with Crippen molar-refractivity contribution in [3.05, 3.63) is 83.9 Å². The zero-order chi connectivity index (χ0) is 16.4. The normalized spacial score (nSPS) is 22.1. The molecule has 2 aromatic rings. The highest BCUT2D eigenvalue weighted by Crippen LogP contribution is 2.35. The molecule has 122 valence electrons. The Balaban J connectivity index is 1.61. The highest BCUT2D eigenvalue weighted by atomic mass is 16.2. The van der Waals surface area contributed by atoms with Crippen LogP contribution in [0.3, 0.4) is 0 Å². The van der Waals surface area contributed by atoms with Gasteiger partial charge in [-0.3, -0.25) is 4.79 Å². The molecule has 2 bridgehead atoms. The summed E-state index contributed by atoms with van der Waals surface area (Å²) in [7, 11) is 0. The Bertz CT molecular complexity index is 683. The molecule has 0 radical (unpaired) electrons. The van der Waals surface area contributed by atoms with Gasteiger partial charge < -0.3 is 4.90 Å². The molecule has 2 heterocycles. The number of carbonyl (C=O) groups is 1. The third-order valence-electron chi connectivity index (χ3n) is 5.38. The van der Waals surface area contributed by atoms with Crippen LogP contribution in [-0.4, -0.2) is 22.9 Å². The van der Waals surface area contributed by atoms with Crippen molar-refractivity contribution in [3.8, 4) is 0 Å². The van der Waals surface area contributed by atoms with E-state index in [0.29, 0.717) is 24.4 Å². The molecule has 2 heteroatoms. The van der Waals surface area contributed by atoms with Crippen LogP contribution in [0.2, 0.25) is 0 Å². The SMILES string of the molecule is O=C(CC(c1ccccc1)c1ccccc1)N1[C@H]2CC=C[C@H]1CC2. The van der Waals surface area contributed by atoms with Gasteiger partial charge in [0.25, 0.3) is 0 Å². The lowest BCUT2D eigenvalue weighted by Gasteiger charge is -2.33. The van der Waals surface area contributed by atoms with Crippen LogP contribution in [0.4, 0.5) is 0 Å². The third-order valence-corrected chi connectivity index (χ3v) is 5.38. The summed E-state index contributed by atoms with van der Waals surface area (Å²) in [5.74, 6) is 0.426. The molecule has 0 aliphatic carbocycles. The molecule has 2 atom stereocenters. The van der Waals surface area contributed by atoms with Crippen molar-refractivity contribution in [2.75, 3.05) is 0 Å². The summed E-state index contributed by atoms with van der Waals surface area (Å²) < 4.78 is 0. The van der Waals surface area contributed by atoms with E-state index in [-0.39, 0.29) is 5.92 Å². The minimum absolute atomic E-state index is 0.130. The smallest absolute Gasteiger partial charge is 0.224 e. The molecule has 1 saturated heterocycles. The molecule has 2 aliphatic rings. The Kier molecular flexibility index (Phi) is 4.20. The van der Waals surface area contributed by atoms with E-state index in [1.54, 1.807) is 0 Å². The summed E-state index contributed by atoms with van der Waals surface area (Å²) in [5, 5.41) is 0. The van der Waals surface area contributed by atoms with Crippen LogP contribution in [0.25, 0.3) is 0 Å². The van der Waals surface area contributed by atoms with Crippen LogP contribution in [0, 0.1) is 0 Å². The Morgan fingerprint density at radius 1 is 0.958 bits per heavy atom. The van der Waals surface area contributed by atoms with Crippen LogP contribution < -0.4 is 0 Å². The summed E-state index contributed by atoms with van der Waals surface area (Å²) >= 11 is 0. The fraction of sp³-hybridized carbons (Fsp3) is 0.318. The fourth-order valence-corrected chi connectivity index (χ4v) is 4.19. The summed E-state index contributed by atoms with van der Waals surface area (Å²) in [4.78, 5) is 15.3. The number of nitrogens with zero attached hydrogens (tertiary/aromatic N) is 1. The van der Waals surface area contributed by atoms with Crippen LogP contribution in [0.15, 0.2) is 72.8 Å². The predicted octanol–water partition coefficient (Wildman–Crippen LogP) is 4.53. The van der Waals surface area contributed by atoms with Gasteiger partial charge >= 0.3 is 0 Å². The highest BCUT2D eigenvalue weighted by molar-refractivity contribution is 5.79. The molecule has 0 unspecified atom stereocenters. The maximum atomic E-state index is 13.1. The fourth-order valence-electron chi connectivity index (χ4n) is 4.19. The monoisotopic (exact) mass is 317 g/mol. The lowest BCUT2D eigenvalue weighted by atomic mass is 9.88. The van der Waals surface area contributed by atoms with E-state index >= 15 is 0 Å². The minimum atomic E-state index is 0.130. The molecular formula is C22H23NO. The third kappa shape index (κ3) is 2.89. The van der Waals surface area contributed by atoms with Gasteiger partial charge in [0.1, 0.15) is 0 Å². The van der Waals surface area contributed by atoms with Gasteiger partial charge in [0.05, 0.1) is 6.04 Å². The summed E-state index contributed by atoms with van der Waals surface area (Å²) in [5.41, 5.74) is 2.44. The van der Waals surface area contributed by atoms with Gasteiger partial charge in [0.15, 0.2) is 0 Å². The van der Waals surface area contributed by atoms with Gasteiger partial charge in [-0.2, -0.15) is 0 Å². The predicted molar refractivity (Wildman–Crippen MR) is 96.8 cm³/mol. The molecule has 2 aliphatic heterocycles. The number of rotatable bonds is 4. The second-order valence-electron chi connectivity index (χ2n) is 6.84. The summed E-state index contributed by atoms with van der Waals surface area (Å²) in [6.45, 7) is 0. The topological polar surface area (TPSA) is 20.3 Å². The zero-order valence-corrected chi connectivity index (χ0v) is 13.8. The second kappa shape index (κ2) is 6.64. The highest BCUT2D eigenvalue weighted by Gasteiger charge is 2.37. The van der Waals surface area contributed by atoms with Gasteiger partial charge in [0.2, 0.25) is 5.91 Å². The Morgan fingerprint density at radius 3 is 2.17 bits per heavy atom. The molecule has 1 fully saturated rings. The van der Waals surface area contributed by atoms with E-state index in [1.165, 1.54) is 11.1 Å². The Hall–Kier alpha value is -2.35. The number of carbonyl (C=O) groups excluding carboxylic acids is 1. The molecule has 2 nitrogen and oxygen atoms in total. The number of benzene rings is 2. The van der Waals surface area contributed by atoms with Gasteiger partial charge in [-0.1, -0.05) is 72.8 Å². The maximum Gasteiger partial charge on any atom is 0.224 e. The number of fused-ring (bicyclic) bond motifs is 2. The first kappa shape index (κ1) is 15.2. The van der Waals surface area contributed by atoms with Gasteiger partial charge in [-0.25, -0.2) is 0 Å². The molecular weight excluding hydrogens is 294 g/mol. The zero-order valence-electron chi connectivity index (χ0n) is 13.8. The van der Waals surface area contributed by atoms with E-state index in [4.69, 9.17) is 0 Å². The number of amides is 1. The van der Waals surface area contributed by atoms with Crippen LogP contribution in [-0.2, 0) is 4.79 Å². The average molecular weight is 317 g/mol. The molecule has 2 aromatic carbocycles. The van der Waals surface area contributed by atoms with Crippen molar-refractivity contribution in [1.82, 2.24) is 4.90 Å². The molecule has 0 saturated carbocycles. The molecule has 1 amide bonds. The van der Waals surface area contributed by atoms with Crippen molar-refractivity contribution in [2.45, 2.75) is 43.7 Å². The standard InChI is InChI=1S/C22H23NO/c24-22(23-19-12-7-13-20(23)15-14-19)16-21(17-8-3-1-4-9-17)18-10-5-2-6-11-18/h1-12,19-21H,13-16H2/t19-,20-/m0/s1. The van der Waals surface area contributed by atoms with Crippen molar-refractivity contribution in [1.29, 1.82) is 0 Å². The molecule has 4 rings (SSSR count). The molecule has 0 aromatic heterocycles. The van der Waals surface area contributed by atoms with Crippen LogP contribution >= 0.6 is 0 Å². The summed E-state index contributed by atoms with van der Waals surface area (Å²) in [6, 6.07) is 21.6. The summed E-state index contributed by atoms with van der Waals surface area (Å²) in [6.07, 6.45) is 8.30. The van der Waals surface area contributed by atoms with Crippen LogP contribution in [0.5, 0.6) is 0 Å².